The zero-order chi connectivity index (χ0) is 24.1. The van der Waals surface area contributed by atoms with E-state index >= 15 is 0 Å². The molecule has 3 aromatic carbocycles. The monoisotopic (exact) mass is 502 g/mol. The van der Waals surface area contributed by atoms with E-state index in [2.05, 4.69) is 0 Å². The Morgan fingerprint density at radius 1 is 0.594 bits per heavy atom. The smallest absolute Gasteiger partial charge is 0.205 e. The Morgan fingerprint density at radius 3 is 1.44 bits per heavy atom. The zero-order valence-corrected chi connectivity index (χ0v) is 17.3. The molecule has 170 valence electrons. The molecule has 0 N–H and O–H groups in total. The molecule has 3 aromatic rings. The number of hydrogen-bond acceptors (Lipinski definition) is 2. The van der Waals surface area contributed by atoms with E-state index in [0.717, 1.165) is 12.1 Å². The third-order valence-electron chi connectivity index (χ3n) is 4.37. The lowest BCUT2D eigenvalue weighted by Gasteiger charge is -2.16. The summed E-state index contributed by atoms with van der Waals surface area (Å²) in [5.74, 6) is -20.1. The van der Waals surface area contributed by atoms with E-state index in [0.29, 0.717) is 6.92 Å². The summed E-state index contributed by atoms with van der Waals surface area (Å²) in [7, 11) is 1.18. The van der Waals surface area contributed by atoms with Crippen molar-refractivity contribution in [3.63, 3.8) is 0 Å². The minimum atomic E-state index is -2.38. The number of halogens is 10. The number of rotatable bonds is 4. The van der Waals surface area contributed by atoms with Crippen LogP contribution in [-0.4, -0.2) is 7.11 Å². The second kappa shape index (κ2) is 8.67. The molecule has 0 atom stereocenters. The largest absolute Gasteiger partial charge is 0.495 e. The number of hydrogen-bond donors (Lipinski definition) is 0. The van der Waals surface area contributed by atoms with Gasteiger partial charge in [-0.3, -0.25) is 0 Å². The van der Waals surface area contributed by atoms with Gasteiger partial charge in [0.05, 0.1) is 28.3 Å². The minimum Gasteiger partial charge on any atom is -0.495 e. The van der Waals surface area contributed by atoms with Gasteiger partial charge in [0.1, 0.15) is 11.5 Å². The molecule has 0 amide bonds. The predicted molar refractivity (Wildman–Crippen MR) is 99.4 cm³/mol. The number of benzene rings is 3. The van der Waals surface area contributed by atoms with Crippen molar-refractivity contribution in [2.24, 2.45) is 0 Å². The van der Waals surface area contributed by atoms with Crippen LogP contribution in [0.4, 0.5) is 35.1 Å². The third kappa shape index (κ3) is 3.71. The van der Waals surface area contributed by atoms with Crippen LogP contribution in [0.15, 0.2) is 12.1 Å². The topological polar surface area (TPSA) is 18.5 Å². The lowest BCUT2D eigenvalue weighted by atomic mass is 9.99. The van der Waals surface area contributed by atoms with Gasteiger partial charge in [0, 0.05) is 11.6 Å². The van der Waals surface area contributed by atoms with Gasteiger partial charge in [-0.25, -0.2) is 26.3 Å². The van der Waals surface area contributed by atoms with Gasteiger partial charge in [-0.1, -0.05) is 23.2 Å². The molecular formula is C20H8Cl2F8O2. The molecule has 2 nitrogen and oxygen atoms in total. The first-order valence-electron chi connectivity index (χ1n) is 8.32. The third-order valence-corrected chi connectivity index (χ3v) is 4.97. The quantitative estimate of drug-likeness (QED) is 0.267. The Kier molecular flexibility index (Phi) is 6.48. The maximum Gasteiger partial charge on any atom is 0.205 e. The van der Waals surface area contributed by atoms with Gasteiger partial charge in [-0.15, -0.1) is 0 Å². The van der Waals surface area contributed by atoms with Crippen molar-refractivity contribution < 1.29 is 44.6 Å². The summed E-state index contributed by atoms with van der Waals surface area (Å²) < 4.78 is 124. The number of ether oxygens (including phenoxy) is 2. The molecule has 0 saturated carbocycles. The molecule has 0 bridgehead atoms. The molecule has 0 unspecified atom stereocenters. The highest BCUT2D eigenvalue weighted by Gasteiger charge is 2.34. The van der Waals surface area contributed by atoms with Crippen LogP contribution in [0.1, 0.15) is 5.56 Å². The molecule has 0 aliphatic heterocycles. The number of methoxy groups -OCH3 is 1. The van der Waals surface area contributed by atoms with E-state index in [4.69, 9.17) is 32.7 Å². The first-order chi connectivity index (χ1) is 14.9. The molecule has 0 aliphatic carbocycles. The van der Waals surface area contributed by atoms with Crippen molar-refractivity contribution in [1.82, 2.24) is 0 Å². The molecular weight excluding hydrogens is 495 g/mol. The fraction of sp³-hybridized carbons (Fsp3) is 0.100. The summed E-state index contributed by atoms with van der Waals surface area (Å²) in [5.41, 5.74) is -5.13. The van der Waals surface area contributed by atoms with Gasteiger partial charge >= 0.3 is 0 Å². The lowest BCUT2D eigenvalue weighted by molar-refractivity contribution is 0.363. The Balaban J connectivity index is 2.26. The summed E-state index contributed by atoms with van der Waals surface area (Å²) in [6.07, 6.45) is 0. The zero-order valence-electron chi connectivity index (χ0n) is 15.8. The van der Waals surface area contributed by atoms with Crippen LogP contribution in [-0.2, 0) is 0 Å². The van der Waals surface area contributed by atoms with Gasteiger partial charge in [0.15, 0.2) is 34.9 Å². The standard InChI is InChI=1S/C20H8Cl2F8O2/c1-5-12(23)14(25)10(15(26)13(5)24)11-16(27)18(29)20(19(30)17(11)28)32-9-4-8(31-2)6(21)3-7(9)22/h3-4H,1-2H3. The van der Waals surface area contributed by atoms with Crippen LogP contribution in [0.2, 0.25) is 10.0 Å². The highest BCUT2D eigenvalue weighted by atomic mass is 35.5. The van der Waals surface area contributed by atoms with Gasteiger partial charge in [-0.2, -0.15) is 8.78 Å². The first-order valence-corrected chi connectivity index (χ1v) is 9.07. The molecule has 0 radical (unpaired) electrons. The van der Waals surface area contributed by atoms with Crippen molar-refractivity contribution in [2.75, 3.05) is 7.11 Å². The molecule has 0 heterocycles. The Morgan fingerprint density at radius 2 is 1.00 bits per heavy atom. The van der Waals surface area contributed by atoms with Crippen LogP contribution in [0.25, 0.3) is 11.1 Å². The molecule has 0 aromatic heterocycles. The van der Waals surface area contributed by atoms with Crippen LogP contribution in [0, 0.1) is 53.5 Å². The van der Waals surface area contributed by atoms with E-state index in [1.165, 1.54) is 7.11 Å². The maximum absolute atomic E-state index is 14.6. The second-order valence-electron chi connectivity index (χ2n) is 6.24. The SMILES string of the molecule is COc1cc(Oc2c(F)c(F)c(-c3c(F)c(F)c(C)c(F)c3F)c(F)c2F)c(Cl)cc1Cl. The summed E-state index contributed by atoms with van der Waals surface area (Å²) in [5, 5.41) is -0.382. The van der Waals surface area contributed by atoms with Crippen molar-refractivity contribution in [3.05, 3.63) is 74.3 Å². The Labute approximate surface area is 184 Å². The fourth-order valence-corrected chi connectivity index (χ4v) is 3.24. The van der Waals surface area contributed by atoms with Crippen LogP contribution < -0.4 is 9.47 Å². The van der Waals surface area contributed by atoms with E-state index < -0.39 is 74.7 Å². The molecule has 3 rings (SSSR count). The van der Waals surface area contributed by atoms with Gasteiger partial charge < -0.3 is 9.47 Å². The van der Waals surface area contributed by atoms with Crippen LogP contribution >= 0.6 is 23.2 Å². The van der Waals surface area contributed by atoms with Gasteiger partial charge in [-0.05, 0) is 13.0 Å². The summed E-state index contributed by atoms with van der Waals surface area (Å²) in [4.78, 5) is 0. The second-order valence-corrected chi connectivity index (χ2v) is 7.05. The van der Waals surface area contributed by atoms with Crippen LogP contribution in [0.5, 0.6) is 17.2 Å². The Hall–Kier alpha value is -2.72. The van der Waals surface area contributed by atoms with E-state index in [-0.39, 0.29) is 15.8 Å². The van der Waals surface area contributed by atoms with Crippen molar-refractivity contribution in [3.8, 4) is 28.4 Å². The average molecular weight is 503 g/mol. The molecule has 0 saturated heterocycles. The lowest BCUT2D eigenvalue weighted by Crippen LogP contribution is -2.09. The van der Waals surface area contributed by atoms with Crippen molar-refractivity contribution >= 4 is 23.2 Å². The molecule has 12 heteroatoms. The minimum absolute atomic E-state index is 0.0344. The predicted octanol–water partition coefficient (Wildman–Crippen LogP) is 7.88. The van der Waals surface area contributed by atoms with Crippen molar-refractivity contribution in [2.45, 2.75) is 6.92 Å². The molecule has 32 heavy (non-hydrogen) atoms. The molecule has 0 fully saturated rings. The van der Waals surface area contributed by atoms with Crippen LogP contribution in [0.3, 0.4) is 0 Å². The van der Waals surface area contributed by atoms with E-state index in [1.54, 1.807) is 0 Å². The normalized spacial score (nSPS) is 11.1. The van der Waals surface area contributed by atoms with Gasteiger partial charge in [0.25, 0.3) is 0 Å². The molecule has 0 aliphatic rings. The van der Waals surface area contributed by atoms with E-state index in [1.807, 2.05) is 0 Å². The first kappa shape index (κ1) is 23.9. The fourth-order valence-electron chi connectivity index (χ4n) is 2.74. The maximum atomic E-state index is 14.6. The highest BCUT2D eigenvalue weighted by Crippen LogP contribution is 2.43. The summed E-state index contributed by atoms with van der Waals surface area (Å²) in [6.45, 7) is 0.648. The summed E-state index contributed by atoms with van der Waals surface area (Å²) >= 11 is 11.6. The Bertz CT molecular complexity index is 1210. The van der Waals surface area contributed by atoms with Gasteiger partial charge in [0.2, 0.25) is 17.4 Å². The van der Waals surface area contributed by atoms with Crippen molar-refractivity contribution in [1.29, 1.82) is 0 Å². The highest BCUT2D eigenvalue weighted by molar-refractivity contribution is 6.36. The average Bonchev–Trinajstić information content (AvgIpc) is 2.76. The molecule has 0 spiro atoms. The van der Waals surface area contributed by atoms with E-state index in [9.17, 15) is 35.1 Å². The summed E-state index contributed by atoms with van der Waals surface area (Å²) in [6, 6.07) is 1.98.